The molecule has 1 aromatic heterocycles. The largest absolute Gasteiger partial charge is 0.454 e. The molecule has 1 atom stereocenters. The van der Waals surface area contributed by atoms with Gasteiger partial charge in [-0.1, -0.05) is 12.1 Å². The average Bonchev–Trinajstić information content (AvgIpc) is 3.73. The highest BCUT2D eigenvalue weighted by molar-refractivity contribution is 6.08. The highest BCUT2D eigenvalue weighted by atomic mass is 16.7. The Morgan fingerprint density at radius 2 is 1.84 bits per heavy atom. The van der Waals surface area contributed by atoms with E-state index in [2.05, 4.69) is 21.9 Å². The van der Waals surface area contributed by atoms with Gasteiger partial charge in [0.15, 0.2) is 11.5 Å². The first kappa shape index (κ1) is 24.5. The van der Waals surface area contributed by atoms with Crippen LogP contribution in [0.4, 0.5) is 5.82 Å². The lowest BCUT2D eigenvalue weighted by atomic mass is 9.99. The standard InChI is InChI=1S/C30H33N5O3/c1-33(12-5-11-31)29-18-25(30(36)35-15-4-6-23(35)19-34-13-2-3-14-34)24-16-21(7-9-26(24)32-29)22-8-10-27-28(17-22)38-20-37-27/h7-10,16-18,23H,2-6,12-15,19-20H2,1H3/t23-/m0/s1. The summed E-state index contributed by atoms with van der Waals surface area (Å²) in [7, 11) is 1.92. The van der Waals surface area contributed by atoms with Gasteiger partial charge in [0.25, 0.3) is 5.91 Å². The van der Waals surface area contributed by atoms with Gasteiger partial charge in [0, 0.05) is 38.1 Å². The Balaban J connectivity index is 1.39. The molecule has 8 heteroatoms. The lowest BCUT2D eigenvalue weighted by molar-refractivity contribution is 0.0710. The summed E-state index contributed by atoms with van der Waals surface area (Å²) < 4.78 is 11.1. The van der Waals surface area contributed by atoms with Crippen molar-refractivity contribution in [1.82, 2.24) is 14.8 Å². The third kappa shape index (κ3) is 4.74. The Bertz CT molecular complexity index is 1390. The van der Waals surface area contributed by atoms with Crippen molar-refractivity contribution >= 4 is 22.6 Å². The first-order chi connectivity index (χ1) is 18.6. The van der Waals surface area contributed by atoms with E-state index in [1.165, 1.54) is 12.8 Å². The Labute approximate surface area is 223 Å². The molecular formula is C30H33N5O3. The van der Waals surface area contributed by atoms with Crippen LogP contribution in [0.2, 0.25) is 0 Å². The topological polar surface area (TPSA) is 81.9 Å². The van der Waals surface area contributed by atoms with E-state index >= 15 is 0 Å². The molecule has 0 bridgehead atoms. The number of ether oxygens (including phenoxy) is 2. The van der Waals surface area contributed by atoms with Gasteiger partial charge in [-0.2, -0.15) is 5.26 Å². The van der Waals surface area contributed by atoms with Gasteiger partial charge in [-0.25, -0.2) is 4.98 Å². The summed E-state index contributed by atoms with van der Waals surface area (Å²) in [5.41, 5.74) is 3.43. The Morgan fingerprint density at radius 3 is 2.68 bits per heavy atom. The fourth-order valence-corrected chi connectivity index (χ4v) is 5.88. The van der Waals surface area contributed by atoms with E-state index in [0.717, 1.165) is 72.5 Å². The van der Waals surface area contributed by atoms with E-state index in [1.807, 2.05) is 48.3 Å². The van der Waals surface area contributed by atoms with Gasteiger partial charge in [0.2, 0.25) is 6.79 Å². The molecule has 0 spiro atoms. The molecule has 3 aromatic rings. The number of pyridine rings is 1. The predicted octanol–water partition coefficient (Wildman–Crippen LogP) is 4.68. The number of benzene rings is 2. The second-order valence-corrected chi connectivity index (χ2v) is 10.5. The molecule has 2 fully saturated rings. The van der Waals surface area contributed by atoms with Crippen molar-refractivity contribution in [3.8, 4) is 28.7 Å². The zero-order valence-corrected chi connectivity index (χ0v) is 21.9. The summed E-state index contributed by atoms with van der Waals surface area (Å²) in [4.78, 5) is 25.6. The maximum atomic E-state index is 14.2. The highest BCUT2D eigenvalue weighted by Crippen LogP contribution is 2.37. The number of nitriles is 1. The van der Waals surface area contributed by atoms with E-state index < -0.39 is 0 Å². The van der Waals surface area contributed by atoms with E-state index in [0.29, 0.717) is 24.3 Å². The molecular weight excluding hydrogens is 478 g/mol. The molecule has 4 heterocycles. The summed E-state index contributed by atoms with van der Waals surface area (Å²) in [6.07, 6.45) is 4.97. The van der Waals surface area contributed by atoms with Gasteiger partial charge >= 0.3 is 0 Å². The lowest BCUT2D eigenvalue weighted by Crippen LogP contribution is -2.42. The van der Waals surface area contributed by atoms with Crippen LogP contribution in [0.15, 0.2) is 42.5 Å². The Morgan fingerprint density at radius 1 is 1.05 bits per heavy atom. The van der Waals surface area contributed by atoms with Gasteiger partial charge in [-0.15, -0.1) is 0 Å². The zero-order valence-electron chi connectivity index (χ0n) is 21.9. The van der Waals surface area contributed by atoms with E-state index in [4.69, 9.17) is 19.7 Å². The lowest BCUT2D eigenvalue weighted by Gasteiger charge is -2.29. The number of rotatable bonds is 7. The molecule has 6 rings (SSSR count). The third-order valence-corrected chi connectivity index (χ3v) is 7.99. The quantitative estimate of drug-likeness (QED) is 0.456. The fraction of sp³-hybridized carbons (Fsp3) is 0.433. The molecule has 2 aromatic carbocycles. The summed E-state index contributed by atoms with van der Waals surface area (Å²) in [5.74, 6) is 2.25. The van der Waals surface area contributed by atoms with Crippen molar-refractivity contribution in [3.05, 3.63) is 48.0 Å². The number of aromatic nitrogens is 1. The maximum absolute atomic E-state index is 14.2. The van der Waals surface area contributed by atoms with E-state index in [1.54, 1.807) is 0 Å². The summed E-state index contributed by atoms with van der Waals surface area (Å²) in [5, 5.41) is 9.93. The molecule has 196 valence electrons. The zero-order chi connectivity index (χ0) is 26.1. The normalized spacial score (nSPS) is 18.7. The van der Waals surface area contributed by atoms with Crippen LogP contribution in [-0.2, 0) is 0 Å². The predicted molar refractivity (Wildman–Crippen MR) is 147 cm³/mol. The van der Waals surface area contributed by atoms with E-state index in [-0.39, 0.29) is 18.7 Å². The molecule has 3 aliphatic rings. The van der Waals surface area contributed by atoms with Crippen LogP contribution in [0.1, 0.15) is 42.5 Å². The second-order valence-electron chi connectivity index (χ2n) is 10.5. The molecule has 3 aliphatic heterocycles. The van der Waals surface area contributed by atoms with Crippen LogP contribution in [0.25, 0.3) is 22.0 Å². The number of anilines is 1. The summed E-state index contributed by atoms with van der Waals surface area (Å²) >= 11 is 0. The SMILES string of the molecule is CN(CCC#N)c1cc(C(=O)N2CCC[C@H]2CN2CCCC2)c2cc(-c3ccc4c(c3)OCO4)ccc2n1. The van der Waals surface area contributed by atoms with Crippen molar-refractivity contribution < 1.29 is 14.3 Å². The van der Waals surface area contributed by atoms with Gasteiger partial charge in [-0.3, -0.25) is 4.79 Å². The Hall–Kier alpha value is -3.83. The van der Waals surface area contributed by atoms with Crippen molar-refractivity contribution in [2.75, 3.05) is 51.5 Å². The minimum atomic E-state index is 0.0665. The van der Waals surface area contributed by atoms with Crippen molar-refractivity contribution in [1.29, 1.82) is 5.26 Å². The Kier molecular flexibility index (Phi) is 6.77. The molecule has 0 aliphatic carbocycles. The van der Waals surface area contributed by atoms with Gasteiger partial charge in [-0.05, 0) is 80.2 Å². The fourth-order valence-electron chi connectivity index (χ4n) is 5.88. The smallest absolute Gasteiger partial charge is 0.254 e. The van der Waals surface area contributed by atoms with Gasteiger partial charge in [0.05, 0.1) is 23.6 Å². The third-order valence-electron chi connectivity index (χ3n) is 7.99. The molecule has 8 nitrogen and oxygen atoms in total. The molecule has 0 radical (unpaired) electrons. The highest BCUT2D eigenvalue weighted by Gasteiger charge is 2.32. The number of fused-ring (bicyclic) bond motifs is 2. The van der Waals surface area contributed by atoms with Gasteiger partial charge < -0.3 is 24.2 Å². The van der Waals surface area contributed by atoms with Crippen LogP contribution in [0.3, 0.4) is 0 Å². The molecule has 1 amide bonds. The molecule has 0 unspecified atom stereocenters. The monoisotopic (exact) mass is 511 g/mol. The van der Waals surface area contributed by atoms with Crippen molar-refractivity contribution in [2.24, 2.45) is 0 Å². The number of hydrogen-bond donors (Lipinski definition) is 0. The van der Waals surface area contributed by atoms with Crippen molar-refractivity contribution in [3.63, 3.8) is 0 Å². The van der Waals surface area contributed by atoms with Crippen LogP contribution < -0.4 is 14.4 Å². The molecule has 2 saturated heterocycles. The minimum absolute atomic E-state index is 0.0665. The minimum Gasteiger partial charge on any atom is -0.454 e. The van der Waals surface area contributed by atoms with E-state index in [9.17, 15) is 4.79 Å². The van der Waals surface area contributed by atoms with Crippen molar-refractivity contribution in [2.45, 2.75) is 38.1 Å². The van der Waals surface area contributed by atoms with Crippen LogP contribution in [-0.4, -0.2) is 73.3 Å². The van der Waals surface area contributed by atoms with Crippen LogP contribution in [0.5, 0.6) is 11.5 Å². The number of hydrogen-bond acceptors (Lipinski definition) is 7. The maximum Gasteiger partial charge on any atom is 0.254 e. The number of nitrogens with zero attached hydrogens (tertiary/aromatic N) is 5. The first-order valence-corrected chi connectivity index (χ1v) is 13.6. The van der Waals surface area contributed by atoms with Crippen LogP contribution in [0, 0.1) is 11.3 Å². The summed E-state index contributed by atoms with van der Waals surface area (Å²) in [6, 6.07) is 16.4. The number of amides is 1. The average molecular weight is 512 g/mol. The first-order valence-electron chi connectivity index (χ1n) is 13.6. The van der Waals surface area contributed by atoms with Gasteiger partial charge in [0.1, 0.15) is 5.82 Å². The number of carbonyl (C=O) groups is 1. The number of carbonyl (C=O) groups excluding carboxylic acids is 1. The number of likely N-dealkylation sites (tertiary alicyclic amines) is 2. The summed E-state index contributed by atoms with van der Waals surface area (Å²) in [6.45, 7) is 4.77. The molecule has 38 heavy (non-hydrogen) atoms. The van der Waals surface area contributed by atoms with Crippen LogP contribution >= 0.6 is 0 Å². The molecule has 0 N–H and O–H groups in total. The molecule has 0 saturated carbocycles. The second kappa shape index (κ2) is 10.5.